The normalized spacial score (nSPS) is 14.5. The molecule has 8 heteroatoms. The van der Waals surface area contributed by atoms with Gasteiger partial charge >= 0.3 is 0 Å². The molecule has 7 nitrogen and oxygen atoms in total. The topological polar surface area (TPSA) is 100 Å². The highest BCUT2D eigenvalue weighted by molar-refractivity contribution is 7.89. The lowest BCUT2D eigenvalue weighted by atomic mass is 9.80. The number of nitrogens with two attached hydrogens (primary N) is 1. The minimum absolute atomic E-state index is 0.0970. The Labute approximate surface area is 120 Å². The van der Waals surface area contributed by atoms with Crippen molar-refractivity contribution < 1.29 is 13.2 Å². The number of hydrogen-bond donors (Lipinski definition) is 1. The number of methoxy groups -OCH3 is 1. The molecule has 0 aromatic carbocycles. The average molecular weight is 304 g/mol. The summed E-state index contributed by atoms with van der Waals surface area (Å²) in [4.78, 5) is 0. The van der Waals surface area contributed by atoms with Gasteiger partial charge in [-0.1, -0.05) is 27.7 Å². The number of primary sulfonamides is 1. The first-order valence-corrected chi connectivity index (χ1v) is 8.05. The standard InChI is InChI=1S/C12H24N4O3S/c1-9(12(2,3)4)8-10-14-15-11(20(13,17)18)16(10)6-7-19-5/h9H,6-8H2,1-5H3,(H2,13,17,18). The lowest BCUT2D eigenvalue weighted by molar-refractivity contribution is 0.182. The smallest absolute Gasteiger partial charge is 0.273 e. The van der Waals surface area contributed by atoms with Crippen molar-refractivity contribution in [3.63, 3.8) is 0 Å². The van der Waals surface area contributed by atoms with Crippen LogP contribution in [0.25, 0.3) is 0 Å². The number of nitrogens with zero attached hydrogens (tertiary/aromatic N) is 3. The molecule has 1 aromatic heterocycles. The van der Waals surface area contributed by atoms with Crippen LogP contribution in [-0.4, -0.2) is 36.9 Å². The van der Waals surface area contributed by atoms with E-state index in [2.05, 4.69) is 37.9 Å². The molecular weight excluding hydrogens is 280 g/mol. The number of ether oxygens (including phenoxy) is 1. The van der Waals surface area contributed by atoms with Crippen LogP contribution in [0.15, 0.2) is 5.16 Å². The summed E-state index contributed by atoms with van der Waals surface area (Å²) in [6, 6.07) is 0. The van der Waals surface area contributed by atoms with Crippen LogP contribution in [0, 0.1) is 11.3 Å². The lowest BCUT2D eigenvalue weighted by Crippen LogP contribution is -2.24. The first-order chi connectivity index (χ1) is 9.07. The van der Waals surface area contributed by atoms with Gasteiger partial charge in [-0.2, -0.15) is 0 Å². The van der Waals surface area contributed by atoms with E-state index in [1.807, 2.05) is 0 Å². The lowest BCUT2D eigenvalue weighted by Gasteiger charge is -2.26. The van der Waals surface area contributed by atoms with Crippen LogP contribution in [0.3, 0.4) is 0 Å². The predicted molar refractivity (Wildman–Crippen MR) is 75.6 cm³/mol. The highest BCUT2D eigenvalue weighted by Crippen LogP contribution is 2.28. The molecule has 116 valence electrons. The molecule has 0 radical (unpaired) electrons. The molecule has 1 aromatic rings. The van der Waals surface area contributed by atoms with Crippen molar-refractivity contribution in [2.45, 2.75) is 45.8 Å². The maximum absolute atomic E-state index is 11.5. The Morgan fingerprint density at radius 1 is 1.35 bits per heavy atom. The van der Waals surface area contributed by atoms with Gasteiger partial charge in [0.15, 0.2) is 0 Å². The molecule has 20 heavy (non-hydrogen) atoms. The molecular formula is C12H24N4O3S. The summed E-state index contributed by atoms with van der Waals surface area (Å²) in [6.07, 6.45) is 0.635. The van der Waals surface area contributed by atoms with Crippen molar-refractivity contribution >= 4 is 10.0 Å². The number of rotatable bonds is 6. The summed E-state index contributed by atoms with van der Waals surface area (Å²) in [6.45, 7) is 9.24. The Bertz CT molecular complexity index is 546. The van der Waals surface area contributed by atoms with Gasteiger partial charge in [0.05, 0.1) is 6.61 Å². The van der Waals surface area contributed by atoms with Gasteiger partial charge < -0.3 is 4.74 Å². The van der Waals surface area contributed by atoms with Crippen molar-refractivity contribution in [1.82, 2.24) is 14.8 Å². The molecule has 2 N–H and O–H groups in total. The largest absolute Gasteiger partial charge is 0.383 e. The van der Waals surface area contributed by atoms with Gasteiger partial charge in [0.2, 0.25) is 0 Å². The average Bonchev–Trinajstić information content (AvgIpc) is 2.67. The van der Waals surface area contributed by atoms with Gasteiger partial charge in [-0.3, -0.25) is 4.57 Å². The summed E-state index contributed by atoms with van der Waals surface area (Å²) < 4.78 is 29.6. The molecule has 1 unspecified atom stereocenters. The molecule has 1 heterocycles. The van der Waals surface area contributed by atoms with Crippen LogP contribution in [0.5, 0.6) is 0 Å². The van der Waals surface area contributed by atoms with Crippen molar-refractivity contribution in [3.8, 4) is 0 Å². The van der Waals surface area contributed by atoms with E-state index in [4.69, 9.17) is 9.88 Å². The second kappa shape index (κ2) is 6.19. The van der Waals surface area contributed by atoms with Crippen LogP contribution in [0.2, 0.25) is 0 Å². The third kappa shape index (κ3) is 4.26. The SMILES string of the molecule is COCCn1c(CC(C)C(C)(C)C)nnc1S(N)(=O)=O. The summed E-state index contributed by atoms with van der Waals surface area (Å²) >= 11 is 0. The Hall–Kier alpha value is -0.990. The Kier molecular flexibility index (Phi) is 5.28. The third-order valence-electron chi connectivity index (χ3n) is 3.53. The molecule has 0 fully saturated rings. The fraction of sp³-hybridized carbons (Fsp3) is 0.833. The van der Waals surface area contributed by atoms with Crippen LogP contribution in [-0.2, 0) is 27.7 Å². The monoisotopic (exact) mass is 304 g/mol. The van der Waals surface area contributed by atoms with E-state index in [-0.39, 0.29) is 10.6 Å². The van der Waals surface area contributed by atoms with Crippen LogP contribution in [0.1, 0.15) is 33.5 Å². The molecule has 0 aliphatic heterocycles. The zero-order valence-electron chi connectivity index (χ0n) is 12.8. The molecule has 0 saturated heterocycles. The Morgan fingerprint density at radius 3 is 2.40 bits per heavy atom. The first-order valence-electron chi connectivity index (χ1n) is 6.51. The predicted octanol–water partition coefficient (Wildman–Crippen LogP) is 0.797. The highest BCUT2D eigenvalue weighted by Gasteiger charge is 2.26. The van der Waals surface area contributed by atoms with E-state index in [0.717, 1.165) is 0 Å². The van der Waals surface area contributed by atoms with Crippen molar-refractivity contribution in [2.75, 3.05) is 13.7 Å². The fourth-order valence-electron chi connectivity index (χ4n) is 1.67. The van der Waals surface area contributed by atoms with Crippen molar-refractivity contribution in [2.24, 2.45) is 16.5 Å². The molecule has 0 spiro atoms. The second-order valence-corrected chi connectivity index (χ2v) is 7.51. The van der Waals surface area contributed by atoms with Crippen LogP contribution in [0.4, 0.5) is 0 Å². The summed E-state index contributed by atoms with van der Waals surface area (Å²) in [5.41, 5.74) is 0.0970. The number of aromatic nitrogens is 3. The second-order valence-electron chi connectivity index (χ2n) is 6.06. The Morgan fingerprint density at radius 2 is 1.95 bits per heavy atom. The molecule has 1 rings (SSSR count). The van der Waals surface area contributed by atoms with Gasteiger partial charge in [0.1, 0.15) is 5.82 Å². The van der Waals surface area contributed by atoms with E-state index in [0.29, 0.717) is 31.3 Å². The zero-order chi connectivity index (χ0) is 15.6. The van der Waals surface area contributed by atoms with E-state index in [9.17, 15) is 8.42 Å². The van der Waals surface area contributed by atoms with Crippen LogP contribution < -0.4 is 5.14 Å². The molecule has 0 saturated carbocycles. The van der Waals surface area contributed by atoms with E-state index in [1.165, 1.54) is 4.57 Å². The van der Waals surface area contributed by atoms with Gasteiger partial charge in [-0.25, -0.2) is 13.6 Å². The maximum atomic E-state index is 11.5. The van der Waals surface area contributed by atoms with E-state index < -0.39 is 10.0 Å². The summed E-state index contributed by atoms with van der Waals surface area (Å²) in [5, 5.41) is 12.7. The zero-order valence-corrected chi connectivity index (χ0v) is 13.6. The Balaban J connectivity index is 3.11. The molecule has 0 bridgehead atoms. The minimum atomic E-state index is -3.88. The number of hydrogen-bond acceptors (Lipinski definition) is 5. The minimum Gasteiger partial charge on any atom is -0.383 e. The van der Waals surface area contributed by atoms with Gasteiger partial charge in [0, 0.05) is 20.1 Å². The van der Waals surface area contributed by atoms with Gasteiger partial charge in [-0.15, -0.1) is 10.2 Å². The summed E-state index contributed by atoms with van der Waals surface area (Å²) in [7, 11) is -2.33. The van der Waals surface area contributed by atoms with Gasteiger partial charge in [0.25, 0.3) is 15.2 Å². The molecule has 0 amide bonds. The van der Waals surface area contributed by atoms with E-state index in [1.54, 1.807) is 7.11 Å². The third-order valence-corrected chi connectivity index (χ3v) is 4.35. The highest BCUT2D eigenvalue weighted by atomic mass is 32.2. The summed E-state index contributed by atoms with van der Waals surface area (Å²) in [5.74, 6) is 0.940. The maximum Gasteiger partial charge on any atom is 0.273 e. The number of sulfonamides is 1. The van der Waals surface area contributed by atoms with E-state index >= 15 is 0 Å². The first kappa shape index (κ1) is 17.1. The van der Waals surface area contributed by atoms with Crippen LogP contribution >= 0.6 is 0 Å². The quantitative estimate of drug-likeness (QED) is 0.837. The van der Waals surface area contributed by atoms with Crippen molar-refractivity contribution in [1.29, 1.82) is 0 Å². The van der Waals surface area contributed by atoms with Gasteiger partial charge in [-0.05, 0) is 11.3 Å². The fourth-order valence-corrected chi connectivity index (χ4v) is 2.33. The molecule has 0 aliphatic rings. The van der Waals surface area contributed by atoms with Crippen molar-refractivity contribution in [3.05, 3.63) is 5.82 Å². The molecule has 1 atom stereocenters. The molecule has 0 aliphatic carbocycles.